The van der Waals surface area contributed by atoms with Crippen molar-refractivity contribution in [2.45, 2.75) is 72.7 Å². The van der Waals surface area contributed by atoms with E-state index in [1.165, 1.54) is 0 Å². The van der Waals surface area contributed by atoms with Crippen LogP contribution in [0.25, 0.3) is 22.4 Å². The summed E-state index contributed by atoms with van der Waals surface area (Å²) in [5, 5.41) is 0. The maximum absolute atomic E-state index is 12.9. The topological polar surface area (TPSA) is 74.9 Å². The highest BCUT2D eigenvalue weighted by atomic mass is 32.2. The van der Waals surface area contributed by atoms with Crippen LogP contribution in [0.2, 0.25) is 0 Å². The molecule has 0 unspecified atom stereocenters. The van der Waals surface area contributed by atoms with Crippen LogP contribution in [0.15, 0.2) is 35.1 Å². The Morgan fingerprint density at radius 3 is 2.38 bits per heavy atom. The molecule has 2 atom stereocenters. The molecule has 0 fully saturated rings. The lowest BCUT2D eigenvalue weighted by molar-refractivity contribution is 0.342. The minimum atomic E-state index is -1.16. The van der Waals surface area contributed by atoms with Crippen molar-refractivity contribution in [3.05, 3.63) is 51.9 Å². The smallest absolute Gasteiger partial charge is 0.330 e. The van der Waals surface area contributed by atoms with Crippen LogP contribution in [0.5, 0.6) is 0 Å². The molecule has 174 valence electrons. The zero-order chi connectivity index (χ0) is 24.0. The Labute approximate surface area is 194 Å². The maximum Gasteiger partial charge on any atom is 0.330 e. The standard InChI is InChI=1S/C25H36N4O2S/c1-16-10-11-18(17(2)27-32(31)25(6,7)8)14-19(16)20-12-13-21-22(26-20)28(9)23(30)29(21)15-24(3,4)5/h10-14,17,27H,15H2,1-9H3/t17-,32+/m1/s1. The second-order valence-corrected chi connectivity index (χ2v) is 12.8. The SMILES string of the molecule is Cc1ccc([C@@H](C)N[S@@+]([O-])C(C)(C)C)cc1-c1ccc2c(n1)n(C)c(=O)n2CC(C)(C)C. The van der Waals surface area contributed by atoms with Gasteiger partial charge in [-0.05, 0) is 69.4 Å². The molecule has 1 N–H and O–H groups in total. The van der Waals surface area contributed by atoms with Crippen LogP contribution in [-0.2, 0) is 25.0 Å². The molecule has 2 aromatic heterocycles. The summed E-state index contributed by atoms with van der Waals surface area (Å²) in [6.07, 6.45) is 0. The first-order valence-electron chi connectivity index (χ1n) is 11.0. The normalized spacial score (nSPS) is 14.7. The molecule has 32 heavy (non-hydrogen) atoms. The third-order valence-corrected chi connectivity index (χ3v) is 7.17. The highest BCUT2D eigenvalue weighted by Crippen LogP contribution is 2.29. The predicted molar refractivity (Wildman–Crippen MR) is 134 cm³/mol. The molecule has 1 aromatic carbocycles. The molecule has 0 spiro atoms. The summed E-state index contributed by atoms with van der Waals surface area (Å²) in [7, 11) is 1.78. The Morgan fingerprint density at radius 2 is 1.78 bits per heavy atom. The molecule has 3 aromatic rings. The quantitative estimate of drug-likeness (QED) is 0.556. The lowest BCUT2D eigenvalue weighted by Crippen LogP contribution is -2.40. The van der Waals surface area contributed by atoms with E-state index in [2.05, 4.69) is 50.6 Å². The fourth-order valence-corrected chi connectivity index (χ4v) is 4.45. The fraction of sp³-hybridized carbons (Fsp3) is 0.520. The van der Waals surface area contributed by atoms with Crippen LogP contribution in [0.1, 0.15) is 65.6 Å². The summed E-state index contributed by atoms with van der Waals surface area (Å²) < 4.78 is 18.8. The number of aromatic nitrogens is 3. The lowest BCUT2D eigenvalue weighted by Gasteiger charge is -2.26. The summed E-state index contributed by atoms with van der Waals surface area (Å²) in [5.41, 5.74) is 5.45. The van der Waals surface area contributed by atoms with Crippen molar-refractivity contribution in [3.8, 4) is 11.3 Å². The molecule has 3 rings (SSSR count). The first-order chi connectivity index (χ1) is 14.7. The van der Waals surface area contributed by atoms with Gasteiger partial charge in [-0.15, -0.1) is 4.72 Å². The molecule has 2 heterocycles. The Morgan fingerprint density at radius 1 is 1.12 bits per heavy atom. The lowest BCUT2D eigenvalue weighted by atomic mass is 9.97. The van der Waals surface area contributed by atoms with E-state index in [4.69, 9.17) is 4.98 Å². The van der Waals surface area contributed by atoms with Crippen molar-refractivity contribution < 1.29 is 4.55 Å². The summed E-state index contributed by atoms with van der Waals surface area (Å²) in [6, 6.07) is 10.1. The number of hydrogen-bond acceptors (Lipinski definition) is 4. The van der Waals surface area contributed by atoms with E-state index < -0.39 is 11.4 Å². The van der Waals surface area contributed by atoms with Crippen LogP contribution in [0, 0.1) is 12.3 Å². The average Bonchev–Trinajstić information content (AvgIpc) is 2.90. The highest BCUT2D eigenvalue weighted by molar-refractivity contribution is 7.90. The van der Waals surface area contributed by atoms with E-state index in [9.17, 15) is 9.35 Å². The van der Waals surface area contributed by atoms with Gasteiger partial charge in [0.15, 0.2) is 5.65 Å². The fourth-order valence-electron chi connectivity index (χ4n) is 3.64. The third kappa shape index (κ3) is 5.11. The van der Waals surface area contributed by atoms with Crippen molar-refractivity contribution in [3.63, 3.8) is 0 Å². The van der Waals surface area contributed by atoms with E-state index in [1.807, 2.05) is 44.4 Å². The van der Waals surface area contributed by atoms with E-state index in [0.29, 0.717) is 12.2 Å². The van der Waals surface area contributed by atoms with Gasteiger partial charge < -0.3 is 4.55 Å². The van der Waals surface area contributed by atoms with Gasteiger partial charge in [0.05, 0.1) is 17.3 Å². The van der Waals surface area contributed by atoms with Crippen LogP contribution >= 0.6 is 0 Å². The van der Waals surface area contributed by atoms with E-state index in [-0.39, 0.29) is 21.9 Å². The third-order valence-electron chi connectivity index (χ3n) is 5.49. The second kappa shape index (κ2) is 8.69. The largest absolute Gasteiger partial charge is 0.598 e. The van der Waals surface area contributed by atoms with Gasteiger partial charge in [-0.1, -0.05) is 32.9 Å². The second-order valence-electron chi connectivity index (χ2n) is 10.8. The van der Waals surface area contributed by atoms with Gasteiger partial charge >= 0.3 is 5.69 Å². The van der Waals surface area contributed by atoms with Crippen LogP contribution in [-0.4, -0.2) is 23.4 Å². The predicted octanol–water partition coefficient (Wildman–Crippen LogP) is 4.87. The Balaban J connectivity index is 2.03. The molecular formula is C25H36N4O2S. The summed E-state index contributed by atoms with van der Waals surface area (Å²) in [5.74, 6) is 0. The molecule has 0 saturated heterocycles. The monoisotopic (exact) mass is 456 g/mol. The highest BCUT2D eigenvalue weighted by Gasteiger charge is 2.28. The van der Waals surface area contributed by atoms with Gasteiger partial charge in [-0.3, -0.25) is 9.13 Å². The molecule has 0 saturated carbocycles. The van der Waals surface area contributed by atoms with Crippen molar-refractivity contribution in [2.24, 2.45) is 12.5 Å². The van der Waals surface area contributed by atoms with Crippen molar-refractivity contribution in [2.75, 3.05) is 0 Å². The molecule has 0 aliphatic heterocycles. The van der Waals surface area contributed by atoms with Gasteiger partial charge in [-0.2, -0.15) is 0 Å². The zero-order valence-corrected chi connectivity index (χ0v) is 21.6. The summed E-state index contributed by atoms with van der Waals surface area (Å²) >= 11 is -1.16. The Kier molecular flexibility index (Phi) is 6.67. The van der Waals surface area contributed by atoms with E-state index in [1.54, 1.807) is 11.6 Å². The van der Waals surface area contributed by atoms with Gasteiger partial charge in [0, 0.05) is 30.5 Å². The zero-order valence-electron chi connectivity index (χ0n) is 20.7. The number of benzene rings is 1. The number of imidazole rings is 1. The van der Waals surface area contributed by atoms with Crippen molar-refractivity contribution in [1.82, 2.24) is 18.8 Å². The van der Waals surface area contributed by atoms with Gasteiger partial charge in [-0.25, -0.2) is 9.78 Å². The maximum atomic E-state index is 12.9. The average molecular weight is 457 g/mol. The minimum absolute atomic E-state index is 0.0159. The number of hydrogen-bond donors (Lipinski definition) is 1. The molecule has 6 nitrogen and oxygen atoms in total. The molecule has 0 aliphatic rings. The Hall–Kier alpha value is -2.09. The molecule has 0 amide bonds. The summed E-state index contributed by atoms with van der Waals surface area (Å²) in [6.45, 7) is 16.9. The van der Waals surface area contributed by atoms with E-state index in [0.717, 1.165) is 27.9 Å². The van der Waals surface area contributed by atoms with Gasteiger partial charge in [0.25, 0.3) is 0 Å². The number of nitrogens with zero attached hydrogens (tertiary/aromatic N) is 3. The first kappa shape index (κ1) is 24.6. The first-order valence-corrected chi connectivity index (χ1v) is 12.2. The number of fused-ring (bicyclic) bond motifs is 1. The van der Waals surface area contributed by atoms with Crippen LogP contribution in [0.3, 0.4) is 0 Å². The number of nitrogens with one attached hydrogen (secondary N) is 1. The number of aryl methyl sites for hydroxylation is 2. The van der Waals surface area contributed by atoms with Gasteiger partial charge in [0.2, 0.25) is 0 Å². The molecule has 7 heteroatoms. The molecule has 0 radical (unpaired) electrons. The molecular weight excluding hydrogens is 420 g/mol. The van der Waals surface area contributed by atoms with Crippen LogP contribution < -0.4 is 10.4 Å². The van der Waals surface area contributed by atoms with Crippen molar-refractivity contribution in [1.29, 1.82) is 0 Å². The molecule has 0 bridgehead atoms. The number of rotatable bonds is 5. The number of pyridine rings is 1. The van der Waals surface area contributed by atoms with E-state index >= 15 is 0 Å². The Bertz CT molecular complexity index is 1180. The summed E-state index contributed by atoms with van der Waals surface area (Å²) in [4.78, 5) is 17.7. The van der Waals surface area contributed by atoms with Gasteiger partial charge in [0.1, 0.15) is 4.75 Å². The minimum Gasteiger partial charge on any atom is -0.598 e. The molecule has 0 aliphatic carbocycles. The van der Waals surface area contributed by atoms with Crippen molar-refractivity contribution >= 4 is 22.5 Å². The van der Waals surface area contributed by atoms with Crippen LogP contribution in [0.4, 0.5) is 0 Å².